The van der Waals surface area contributed by atoms with Gasteiger partial charge in [-0.15, -0.1) is 0 Å². The van der Waals surface area contributed by atoms with Gasteiger partial charge in [-0.05, 0) is 24.5 Å². The van der Waals surface area contributed by atoms with E-state index in [0.717, 1.165) is 5.56 Å². The lowest BCUT2D eigenvalue weighted by Gasteiger charge is -2.31. The Morgan fingerprint density at radius 1 is 1.15 bits per heavy atom. The third-order valence-corrected chi connectivity index (χ3v) is 6.36. The zero-order valence-corrected chi connectivity index (χ0v) is 19.1. The molecule has 34 heavy (non-hydrogen) atoms. The predicted octanol–water partition coefficient (Wildman–Crippen LogP) is 2.51. The normalized spacial score (nSPS) is 16.0. The van der Waals surface area contributed by atoms with Gasteiger partial charge in [-0.25, -0.2) is 4.98 Å². The van der Waals surface area contributed by atoms with Crippen molar-refractivity contribution >= 4 is 11.8 Å². The molecule has 2 aliphatic rings. The van der Waals surface area contributed by atoms with Crippen LogP contribution in [0.3, 0.4) is 0 Å². The fourth-order valence-electron chi connectivity index (χ4n) is 4.45. The highest BCUT2D eigenvalue weighted by Crippen LogP contribution is 2.32. The molecule has 10 heteroatoms. The van der Waals surface area contributed by atoms with E-state index in [0.29, 0.717) is 66.9 Å². The molecule has 2 aliphatic heterocycles. The average molecular weight is 463 g/mol. The molecule has 0 spiro atoms. The number of nitrogens with zero attached hydrogens (tertiary/aromatic N) is 5. The number of rotatable bonds is 6. The molecule has 1 fully saturated rings. The Kier molecular flexibility index (Phi) is 5.87. The molecule has 2 amide bonds. The van der Waals surface area contributed by atoms with Crippen molar-refractivity contribution in [1.82, 2.24) is 24.9 Å². The summed E-state index contributed by atoms with van der Waals surface area (Å²) in [4.78, 5) is 37.7. The summed E-state index contributed by atoms with van der Waals surface area (Å²) in [5, 5.41) is 4.07. The molecule has 0 radical (unpaired) electrons. The van der Waals surface area contributed by atoms with Crippen molar-refractivity contribution in [3.63, 3.8) is 0 Å². The molecule has 1 aromatic carbocycles. The van der Waals surface area contributed by atoms with Crippen LogP contribution in [0.1, 0.15) is 40.6 Å². The van der Waals surface area contributed by atoms with Gasteiger partial charge in [0.15, 0.2) is 11.5 Å². The van der Waals surface area contributed by atoms with Crippen LogP contribution in [0.25, 0.3) is 11.5 Å². The van der Waals surface area contributed by atoms with Crippen molar-refractivity contribution in [2.75, 3.05) is 33.9 Å². The highest BCUT2D eigenvalue weighted by atomic mass is 16.5. The van der Waals surface area contributed by atoms with E-state index in [1.54, 1.807) is 36.3 Å². The Morgan fingerprint density at radius 2 is 1.91 bits per heavy atom. The fraction of sp³-hybridized carbons (Fsp3) is 0.375. The Bertz CT molecular complexity index is 1220. The molecule has 0 unspecified atom stereocenters. The Hall–Kier alpha value is -3.95. The molecule has 0 N–H and O–H groups in total. The molecular formula is C24H25N5O5. The first-order chi connectivity index (χ1) is 16.6. The minimum Gasteiger partial charge on any atom is -0.493 e. The summed E-state index contributed by atoms with van der Waals surface area (Å²) in [6.07, 6.45) is 2.97. The van der Waals surface area contributed by atoms with E-state index < -0.39 is 0 Å². The summed E-state index contributed by atoms with van der Waals surface area (Å²) in [6, 6.07) is 9.19. The van der Waals surface area contributed by atoms with E-state index in [-0.39, 0.29) is 24.3 Å². The average Bonchev–Trinajstić information content (AvgIpc) is 3.49. The van der Waals surface area contributed by atoms with Crippen molar-refractivity contribution in [1.29, 1.82) is 0 Å². The molecule has 3 aromatic rings. The molecule has 0 atom stereocenters. The minimum atomic E-state index is -0.0824. The Morgan fingerprint density at radius 3 is 2.65 bits per heavy atom. The van der Waals surface area contributed by atoms with E-state index in [2.05, 4.69) is 15.1 Å². The maximum Gasteiger partial charge on any atom is 0.254 e. The van der Waals surface area contributed by atoms with Crippen molar-refractivity contribution in [2.24, 2.45) is 0 Å². The number of fused-ring (bicyclic) bond motifs is 1. The van der Waals surface area contributed by atoms with Crippen LogP contribution in [0, 0.1) is 0 Å². The van der Waals surface area contributed by atoms with Gasteiger partial charge < -0.3 is 23.8 Å². The monoisotopic (exact) mass is 463 g/mol. The molecule has 10 nitrogen and oxygen atoms in total. The summed E-state index contributed by atoms with van der Waals surface area (Å²) in [5.41, 5.74) is 2.18. The van der Waals surface area contributed by atoms with Gasteiger partial charge >= 0.3 is 0 Å². The number of hydrogen-bond acceptors (Lipinski definition) is 8. The van der Waals surface area contributed by atoms with Gasteiger partial charge in [-0.1, -0.05) is 23.4 Å². The molecule has 0 saturated carbocycles. The number of amides is 2. The van der Waals surface area contributed by atoms with E-state index in [1.165, 1.54) is 0 Å². The second-order valence-corrected chi connectivity index (χ2v) is 8.35. The summed E-state index contributed by atoms with van der Waals surface area (Å²) < 4.78 is 16.0. The molecule has 0 bridgehead atoms. The molecule has 4 heterocycles. The van der Waals surface area contributed by atoms with E-state index in [1.807, 2.05) is 24.3 Å². The lowest BCUT2D eigenvalue weighted by molar-refractivity contribution is -0.133. The number of ether oxygens (including phenoxy) is 2. The van der Waals surface area contributed by atoms with Crippen LogP contribution >= 0.6 is 0 Å². The smallest absolute Gasteiger partial charge is 0.254 e. The number of aromatic nitrogens is 3. The number of carbonyl (C=O) groups excluding carboxylic acids is 2. The van der Waals surface area contributed by atoms with Crippen LogP contribution in [0.5, 0.6) is 11.5 Å². The standard InChI is InChI=1S/C24H25N5O5/c1-32-19-11-18(25-12-20(19)33-2)22-26-23(34-27-22)15-7-9-28(10-8-15)21(30)14-29-13-16-5-3-4-6-17(16)24(29)31/h3-6,11-12,15H,7-10,13-14H2,1-2H3. The lowest BCUT2D eigenvalue weighted by atomic mass is 9.96. The van der Waals surface area contributed by atoms with Crippen molar-refractivity contribution in [3.05, 3.63) is 53.5 Å². The molecule has 2 aromatic heterocycles. The topological polar surface area (TPSA) is 111 Å². The second-order valence-electron chi connectivity index (χ2n) is 8.35. The van der Waals surface area contributed by atoms with Gasteiger partial charge in [0.1, 0.15) is 12.2 Å². The van der Waals surface area contributed by atoms with Crippen LogP contribution < -0.4 is 9.47 Å². The summed E-state index contributed by atoms with van der Waals surface area (Å²) in [6.45, 7) is 1.72. The van der Waals surface area contributed by atoms with Crippen LogP contribution in [0.4, 0.5) is 0 Å². The number of piperidine rings is 1. The van der Waals surface area contributed by atoms with Crippen LogP contribution in [-0.2, 0) is 11.3 Å². The zero-order chi connectivity index (χ0) is 23.7. The highest BCUT2D eigenvalue weighted by molar-refractivity contribution is 6.00. The number of likely N-dealkylation sites (tertiary alicyclic amines) is 1. The van der Waals surface area contributed by atoms with Crippen molar-refractivity contribution < 1.29 is 23.6 Å². The molecule has 1 saturated heterocycles. The largest absolute Gasteiger partial charge is 0.493 e. The summed E-state index contributed by atoms with van der Waals surface area (Å²) >= 11 is 0. The highest BCUT2D eigenvalue weighted by Gasteiger charge is 2.32. The number of pyridine rings is 1. The first-order valence-electron chi connectivity index (χ1n) is 11.1. The lowest BCUT2D eigenvalue weighted by Crippen LogP contribution is -2.44. The SMILES string of the molecule is COc1cnc(-c2noc(C3CCN(C(=O)CN4Cc5ccccc5C4=O)CC3)n2)cc1OC. The number of hydrogen-bond donors (Lipinski definition) is 0. The van der Waals surface area contributed by atoms with Crippen molar-refractivity contribution in [2.45, 2.75) is 25.3 Å². The van der Waals surface area contributed by atoms with Gasteiger partial charge in [-0.3, -0.25) is 9.59 Å². The quantitative estimate of drug-likeness (QED) is 0.548. The van der Waals surface area contributed by atoms with Gasteiger partial charge in [0.05, 0.1) is 20.4 Å². The molecule has 5 rings (SSSR count). The third-order valence-electron chi connectivity index (χ3n) is 6.36. The van der Waals surface area contributed by atoms with E-state index >= 15 is 0 Å². The van der Waals surface area contributed by atoms with E-state index in [4.69, 9.17) is 14.0 Å². The van der Waals surface area contributed by atoms with Gasteiger partial charge in [0, 0.05) is 37.2 Å². The molecule has 176 valence electrons. The van der Waals surface area contributed by atoms with Crippen molar-refractivity contribution in [3.8, 4) is 23.0 Å². The summed E-state index contributed by atoms with van der Waals surface area (Å²) in [5.74, 6) is 1.90. The van der Waals surface area contributed by atoms with E-state index in [9.17, 15) is 9.59 Å². The molecular weight excluding hydrogens is 438 g/mol. The Balaban J connectivity index is 1.18. The summed E-state index contributed by atoms with van der Waals surface area (Å²) in [7, 11) is 3.10. The predicted molar refractivity (Wildman–Crippen MR) is 120 cm³/mol. The fourth-order valence-corrected chi connectivity index (χ4v) is 4.45. The third kappa shape index (κ3) is 4.07. The zero-order valence-electron chi connectivity index (χ0n) is 19.1. The van der Waals surface area contributed by atoms with Gasteiger partial charge in [-0.2, -0.15) is 4.98 Å². The first kappa shape index (κ1) is 21.9. The number of benzene rings is 1. The minimum absolute atomic E-state index is 0.0413. The van der Waals surface area contributed by atoms with Gasteiger partial charge in [0.25, 0.3) is 5.91 Å². The number of carbonyl (C=O) groups is 2. The van der Waals surface area contributed by atoms with Gasteiger partial charge in [0.2, 0.25) is 17.6 Å². The van der Waals surface area contributed by atoms with Crippen LogP contribution in [0.2, 0.25) is 0 Å². The first-order valence-corrected chi connectivity index (χ1v) is 11.1. The Labute approximate surface area is 196 Å². The van der Waals surface area contributed by atoms with Crippen LogP contribution in [-0.4, -0.2) is 70.6 Å². The molecule has 0 aliphatic carbocycles. The number of methoxy groups -OCH3 is 2. The van der Waals surface area contributed by atoms with Crippen LogP contribution in [0.15, 0.2) is 41.1 Å². The maximum absolute atomic E-state index is 12.8. The maximum atomic E-state index is 12.8. The second kappa shape index (κ2) is 9.12.